The lowest BCUT2D eigenvalue weighted by Gasteiger charge is -2.07. The Morgan fingerprint density at radius 1 is 1.56 bits per heavy atom. The average molecular weight is 128 g/mol. The van der Waals surface area contributed by atoms with E-state index >= 15 is 0 Å². The summed E-state index contributed by atoms with van der Waals surface area (Å²) in [6.07, 6.45) is 4.18. The van der Waals surface area contributed by atoms with Crippen LogP contribution < -0.4 is 0 Å². The van der Waals surface area contributed by atoms with E-state index in [9.17, 15) is 5.11 Å². The van der Waals surface area contributed by atoms with Gasteiger partial charge in [-0.2, -0.15) is 0 Å². The number of hydrogen-bond donors (Lipinski definition) is 0. The van der Waals surface area contributed by atoms with E-state index in [4.69, 9.17) is 0 Å². The molecule has 0 saturated heterocycles. The second kappa shape index (κ2) is 6.09. The molecule has 0 amide bonds. The Kier molecular flexibility index (Phi) is 6.06. The molecule has 0 aliphatic heterocycles. The first kappa shape index (κ1) is 8.96. The molecule has 0 rings (SSSR count). The van der Waals surface area contributed by atoms with E-state index in [1.807, 2.05) is 0 Å². The highest BCUT2D eigenvalue weighted by molar-refractivity contribution is 4.55. The summed E-state index contributed by atoms with van der Waals surface area (Å²) >= 11 is 0. The fourth-order valence-corrected chi connectivity index (χ4v) is 0.838. The van der Waals surface area contributed by atoms with Crippen LogP contribution in [0.15, 0.2) is 0 Å². The average Bonchev–Trinajstić information content (AvgIpc) is 1.91. The van der Waals surface area contributed by atoms with E-state index in [0.717, 1.165) is 25.7 Å². The van der Waals surface area contributed by atoms with Crippen molar-refractivity contribution >= 4 is 0 Å². The van der Waals surface area contributed by atoms with Gasteiger partial charge in [-0.25, -0.2) is 5.11 Å². The first-order chi connectivity index (χ1) is 4.35. The second-order valence-corrected chi connectivity index (χ2v) is 2.44. The molecule has 0 aromatic rings. The summed E-state index contributed by atoms with van der Waals surface area (Å²) in [4.78, 5) is 0. The fraction of sp³-hybridized carbons (Fsp3) is 0.875. The summed E-state index contributed by atoms with van der Waals surface area (Å²) in [5, 5.41) is 10.3. The topological polar surface area (TPSA) is 19.9 Å². The molecule has 1 nitrogen and oxygen atoms in total. The maximum absolute atomic E-state index is 10.3. The normalized spacial score (nSPS) is 13.7. The third-order valence-electron chi connectivity index (χ3n) is 1.68. The Bertz CT molecular complexity index is 48.5. The monoisotopic (exact) mass is 128 g/mol. The molecular weight excluding hydrogens is 112 g/mol. The molecule has 0 spiro atoms. The number of hydrogen-bond acceptors (Lipinski definition) is 0. The molecule has 0 aliphatic carbocycles. The smallest absolute Gasteiger partial charge is 0.0850 e. The van der Waals surface area contributed by atoms with Crippen LogP contribution in [0.2, 0.25) is 0 Å². The molecule has 1 atom stereocenters. The summed E-state index contributed by atoms with van der Waals surface area (Å²) in [6.45, 7) is 5.89. The summed E-state index contributed by atoms with van der Waals surface area (Å²) in [5.74, 6) is 0.409. The molecule has 1 heteroatoms. The molecule has 9 heavy (non-hydrogen) atoms. The van der Waals surface area contributed by atoms with E-state index in [2.05, 4.69) is 13.8 Å². The van der Waals surface area contributed by atoms with E-state index in [1.54, 1.807) is 0 Å². The minimum atomic E-state index is 0.0938. The van der Waals surface area contributed by atoms with Crippen molar-refractivity contribution in [3.63, 3.8) is 0 Å². The second-order valence-electron chi connectivity index (χ2n) is 2.44. The van der Waals surface area contributed by atoms with Crippen LogP contribution in [-0.2, 0) is 5.11 Å². The predicted molar refractivity (Wildman–Crippen MR) is 38.5 cm³/mol. The van der Waals surface area contributed by atoms with Crippen LogP contribution in [0.3, 0.4) is 0 Å². The SMILES string of the molecule is [CH2]CCCC(CC)C[O]. The van der Waals surface area contributed by atoms with Crippen molar-refractivity contribution in [3.05, 3.63) is 6.92 Å². The number of unbranched alkanes of at least 4 members (excludes halogenated alkanes) is 1. The highest BCUT2D eigenvalue weighted by Gasteiger charge is 2.02. The van der Waals surface area contributed by atoms with Crippen molar-refractivity contribution in [2.75, 3.05) is 6.61 Å². The van der Waals surface area contributed by atoms with Crippen LogP contribution in [0, 0.1) is 12.8 Å². The minimum Gasteiger partial charge on any atom is -0.236 e. The van der Waals surface area contributed by atoms with Gasteiger partial charge in [-0.15, -0.1) is 0 Å². The number of rotatable bonds is 5. The minimum absolute atomic E-state index is 0.0938. The fourth-order valence-electron chi connectivity index (χ4n) is 0.838. The third-order valence-corrected chi connectivity index (χ3v) is 1.68. The molecule has 0 aliphatic rings. The standard InChI is InChI=1S/C8H16O/c1-3-5-6-8(4-2)7-9/h8H,1,3-7H2,2H3. The first-order valence-electron chi connectivity index (χ1n) is 3.72. The molecule has 54 valence electrons. The van der Waals surface area contributed by atoms with Crippen molar-refractivity contribution in [1.82, 2.24) is 0 Å². The van der Waals surface area contributed by atoms with E-state index in [1.165, 1.54) is 0 Å². The van der Waals surface area contributed by atoms with Gasteiger partial charge in [0.05, 0.1) is 6.61 Å². The highest BCUT2D eigenvalue weighted by Crippen LogP contribution is 2.10. The van der Waals surface area contributed by atoms with Crippen LogP contribution >= 0.6 is 0 Å². The molecular formula is C8H16O. The van der Waals surface area contributed by atoms with Crippen molar-refractivity contribution < 1.29 is 5.11 Å². The lowest BCUT2D eigenvalue weighted by molar-refractivity contribution is 0.135. The van der Waals surface area contributed by atoms with Gasteiger partial charge in [0.15, 0.2) is 0 Å². The van der Waals surface area contributed by atoms with Crippen LogP contribution in [0.1, 0.15) is 32.6 Å². The van der Waals surface area contributed by atoms with Crippen LogP contribution in [0.5, 0.6) is 0 Å². The molecule has 0 heterocycles. The van der Waals surface area contributed by atoms with Crippen LogP contribution in [0.4, 0.5) is 0 Å². The molecule has 0 N–H and O–H groups in total. The molecule has 0 saturated carbocycles. The van der Waals surface area contributed by atoms with E-state index < -0.39 is 0 Å². The zero-order chi connectivity index (χ0) is 7.11. The summed E-state index contributed by atoms with van der Waals surface area (Å²) < 4.78 is 0. The first-order valence-corrected chi connectivity index (χ1v) is 3.72. The Morgan fingerprint density at radius 3 is 2.56 bits per heavy atom. The molecule has 0 aromatic heterocycles. The van der Waals surface area contributed by atoms with Gasteiger partial charge in [-0.1, -0.05) is 33.1 Å². The lowest BCUT2D eigenvalue weighted by Crippen LogP contribution is -2.02. The Morgan fingerprint density at radius 2 is 2.22 bits per heavy atom. The van der Waals surface area contributed by atoms with Gasteiger partial charge < -0.3 is 0 Å². The van der Waals surface area contributed by atoms with Gasteiger partial charge in [0, 0.05) is 0 Å². The van der Waals surface area contributed by atoms with E-state index in [-0.39, 0.29) is 6.61 Å². The van der Waals surface area contributed by atoms with Gasteiger partial charge in [0.25, 0.3) is 0 Å². The lowest BCUT2D eigenvalue weighted by atomic mass is 10.0. The van der Waals surface area contributed by atoms with Crippen molar-refractivity contribution in [1.29, 1.82) is 0 Å². The van der Waals surface area contributed by atoms with Gasteiger partial charge in [-0.3, -0.25) is 0 Å². The van der Waals surface area contributed by atoms with E-state index in [0.29, 0.717) is 5.92 Å². The van der Waals surface area contributed by atoms with Crippen molar-refractivity contribution in [2.45, 2.75) is 32.6 Å². The Balaban J connectivity index is 3.09. The molecule has 0 fully saturated rings. The maximum Gasteiger partial charge on any atom is 0.0850 e. The van der Waals surface area contributed by atoms with Gasteiger partial charge in [0.1, 0.15) is 0 Å². The maximum atomic E-state index is 10.3. The largest absolute Gasteiger partial charge is 0.236 e. The third kappa shape index (κ3) is 4.46. The summed E-state index contributed by atoms with van der Waals surface area (Å²) in [7, 11) is 0. The van der Waals surface area contributed by atoms with Gasteiger partial charge >= 0.3 is 0 Å². The van der Waals surface area contributed by atoms with Crippen LogP contribution in [-0.4, -0.2) is 6.61 Å². The molecule has 1 unspecified atom stereocenters. The zero-order valence-corrected chi connectivity index (χ0v) is 6.23. The summed E-state index contributed by atoms with van der Waals surface area (Å²) in [6, 6.07) is 0. The molecule has 0 bridgehead atoms. The zero-order valence-electron chi connectivity index (χ0n) is 6.23. The summed E-state index contributed by atoms with van der Waals surface area (Å²) in [5.41, 5.74) is 0. The molecule has 2 radical (unpaired) electrons. The van der Waals surface area contributed by atoms with Crippen LogP contribution in [0.25, 0.3) is 0 Å². The predicted octanol–water partition coefficient (Wildman–Crippen LogP) is 2.45. The van der Waals surface area contributed by atoms with Gasteiger partial charge in [0.2, 0.25) is 0 Å². The molecule has 0 aromatic carbocycles. The van der Waals surface area contributed by atoms with Crippen molar-refractivity contribution in [2.24, 2.45) is 5.92 Å². The Hall–Kier alpha value is -0.0400. The Labute approximate surface area is 58.1 Å². The quantitative estimate of drug-likeness (QED) is 0.542. The highest BCUT2D eigenvalue weighted by atomic mass is 16.3. The van der Waals surface area contributed by atoms with Crippen molar-refractivity contribution in [3.8, 4) is 0 Å². The van der Waals surface area contributed by atoms with Gasteiger partial charge in [-0.05, 0) is 12.3 Å².